The maximum atomic E-state index is 13.2. The monoisotopic (exact) mass is 505 g/mol. The Balaban J connectivity index is 1.77. The molecule has 0 saturated heterocycles. The SMILES string of the molecule is CCC[C@@](O)(CCc1ccccc1)CC(=O)ON(Cc1ccc(OC)c(OC)c1)[C@H](C)c1ccccc1. The Labute approximate surface area is 220 Å². The number of aryl methyl sites for hydroxylation is 1. The summed E-state index contributed by atoms with van der Waals surface area (Å²) in [6, 6.07) is 25.4. The molecule has 3 aromatic rings. The number of ether oxygens (including phenoxy) is 2. The third-order valence-corrected chi connectivity index (χ3v) is 6.63. The molecule has 1 N–H and O–H groups in total. The summed E-state index contributed by atoms with van der Waals surface area (Å²) in [7, 11) is 3.19. The molecule has 37 heavy (non-hydrogen) atoms. The van der Waals surface area contributed by atoms with Crippen LogP contribution in [0.5, 0.6) is 11.5 Å². The summed E-state index contributed by atoms with van der Waals surface area (Å²) in [5.41, 5.74) is 1.93. The van der Waals surface area contributed by atoms with Gasteiger partial charge in [0.15, 0.2) is 11.5 Å². The maximum absolute atomic E-state index is 13.2. The van der Waals surface area contributed by atoms with Crippen molar-refractivity contribution >= 4 is 5.97 Å². The Kier molecular flexibility index (Phi) is 10.5. The van der Waals surface area contributed by atoms with Crippen molar-refractivity contribution in [2.24, 2.45) is 0 Å². The first kappa shape index (κ1) is 28.2. The second kappa shape index (κ2) is 13.8. The van der Waals surface area contributed by atoms with Gasteiger partial charge in [-0.2, -0.15) is 0 Å². The molecule has 0 aliphatic heterocycles. The molecular weight excluding hydrogens is 466 g/mol. The van der Waals surface area contributed by atoms with Crippen molar-refractivity contribution in [2.75, 3.05) is 14.2 Å². The van der Waals surface area contributed by atoms with E-state index in [1.165, 1.54) is 0 Å². The average Bonchev–Trinajstić information content (AvgIpc) is 2.92. The summed E-state index contributed by atoms with van der Waals surface area (Å²) < 4.78 is 10.8. The quantitative estimate of drug-likeness (QED) is 0.260. The molecule has 0 fully saturated rings. The molecule has 0 aromatic heterocycles. The van der Waals surface area contributed by atoms with E-state index in [9.17, 15) is 9.90 Å². The number of hydroxylamine groups is 2. The summed E-state index contributed by atoms with van der Waals surface area (Å²) >= 11 is 0. The van der Waals surface area contributed by atoms with Crippen LogP contribution in [0.2, 0.25) is 0 Å². The highest BCUT2D eigenvalue weighted by molar-refractivity contribution is 5.70. The molecule has 0 saturated carbocycles. The maximum Gasteiger partial charge on any atom is 0.327 e. The molecule has 3 rings (SSSR count). The molecule has 0 unspecified atom stereocenters. The van der Waals surface area contributed by atoms with Crippen molar-refractivity contribution in [1.82, 2.24) is 5.06 Å². The van der Waals surface area contributed by atoms with Gasteiger partial charge in [0.1, 0.15) is 0 Å². The van der Waals surface area contributed by atoms with Crippen LogP contribution in [-0.2, 0) is 22.6 Å². The summed E-state index contributed by atoms with van der Waals surface area (Å²) in [6.45, 7) is 4.36. The fourth-order valence-electron chi connectivity index (χ4n) is 4.53. The molecule has 198 valence electrons. The van der Waals surface area contributed by atoms with Gasteiger partial charge in [0, 0.05) is 0 Å². The van der Waals surface area contributed by atoms with Gasteiger partial charge in [-0.05, 0) is 55.0 Å². The van der Waals surface area contributed by atoms with Crippen LogP contribution in [0.1, 0.15) is 62.3 Å². The second-order valence-corrected chi connectivity index (χ2v) is 9.45. The van der Waals surface area contributed by atoms with E-state index in [1.54, 1.807) is 19.3 Å². The first-order chi connectivity index (χ1) is 17.9. The number of carbonyl (C=O) groups is 1. The number of hydrogen-bond acceptors (Lipinski definition) is 6. The van der Waals surface area contributed by atoms with Gasteiger partial charge in [0.05, 0.1) is 38.8 Å². The van der Waals surface area contributed by atoms with Gasteiger partial charge >= 0.3 is 5.97 Å². The number of aliphatic hydroxyl groups is 1. The van der Waals surface area contributed by atoms with Gasteiger partial charge in [-0.15, -0.1) is 5.06 Å². The number of rotatable bonds is 14. The first-order valence-electron chi connectivity index (χ1n) is 12.9. The Morgan fingerprint density at radius 3 is 2.16 bits per heavy atom. The molecule has 0 aliphatic carbocycles. The predicted molar refractivity (Wildman–Crippen MR) is 145 cm³/mol. The topological polar surface area (TPSA) is 68.2 Å². The molecule has 0 spiro atoms. The largest absolute Gasteiger partial charge is 0.493 e. The van der Waals surface area contributed by atoms with E-state index in [0.29, 0.717) is 37.3 Å². The normalized spacial score (nSPS) is 13.6. The standard InChI is InChI=1S/C31H39NO5/c1-5-19-31(34,20-18-25-12-8-6-9-13-25)22-30(33)37-32(24(2)27-14-10-7-11-15-27)23-26-16-17-28(35-3)29(21-26)36-4/h6-17,21,24,34H,5,18-20,22-23H2,1-4H3/t24-,31-/m1/s1. The van der Waals surface area contributed by atoms with Crippen LogP contribution in [-0.4, -0.2) is 36.0 Å². The first-order valence-corrected chi connectivity index (χ1v) is 12.9. The Morgan fingerprint density at radius 1 is 0.892 bits per heavy atom. The van der Waals surface area contributed by atoms with Crippen molar-refractivity contribution in [3.8, 4) is 11.5 Å². The van der Waals surface area contributed by atoms with Crippen LogP contribution in [0.15, 0.2) is 78.9 Å². The minimum absolute atomic E-state index is 0.0718. The highest BCUT2D eigenvalue weighted by Gasteiger charge is 2.32. The van der Waals surface area contributed by atoms with Crippen LogP contribution < -0.4 is 9.47 Å². The number of benzene rings is 3. The lowest BCUT2D eigenvalue weighted by atomic mass is 9.87. The van der Waals surface area contributed by atoms with E-state index in [0.717, 1.165) is 23.1 Å². The van der Waals surface area contributed by atoms with E-state index in [4.69, 9.17) is 14.3 Å². The van der Waals surface area contributed by atoms with Crippen LogP contribution in [0.25, 0.3) is 0 Å². The predicted octanol–water partition coefficient (Wildman–Crippen LogP) is 6.28. The fourth-order valence-corrected chi connectivity index (χ4v) is 4.53. The van der Waals surface area contributed by atoms with E-state index in [1.807, 2.05) is 92.7 Å². The third-order valence-electron chi connectivity index (χ3n) is 6.63. The second-order valence-electron chi connectivity index (χ2n) is 9.45. The van der Waals surface area contributed by atoms with Crippen LogP contribution in [0.3, 0.4) is 0 Å². The van der Waals surface area contributed by atoms with Gasteiger partial charge in [-0.3, -0.25) is 4.79 Å². The van der Waals surface area contributed by atoms with E-state index in [-0.39, 0.29) is 12.5 Å². The lowest BCUT2D eigenvalue weighted by Gasteiger charge is -2.31. The van der Waals surface area contributed by atoms with E-state index >= 15 is 0 Å². The van der Waals surface area contributed by atoms with E-state index in [2.05, 4.69) is 0 Å². The molecule has 3 aromatic carbocycles. The lowest BCUT2D eigenvalue weighted by Crippen LogP contribution is -2.37. The van der Waals surface area contributed by atoms with Gasteiger partial charge in [0.25, 0.3) is 0 Å². The highest BCUT2D eigenvalue weighted by atomic mass is 16.7. The van der Waals surface area contributed by atoms with Gasteiger partial charge in [0.2, 0.25) is 0 Å². The average molecular weight is 506 g/mol. The van der Waals surface area contributed by atoms with Gasteiger partial charge < -0.3 is 19.4 Å². The van der Waals surface area contributed by atoms with E-state index < -0.39 is 11.6 Å². The Morgan fingerprint density at radius 2 is 1.54 bits per heavy atom. The van der Waals surface area contributed by atoms with Crippen molar-refractivity contribution in [1.29, 1.82) is 0 Å². The highest BCUT2D eigenvalue weighted by Crippen LogP contribution is 2.31. The zero-order valence-electron chi connectivity index (χ0n) is 22.4. The van der Waals surface area contributed by atoms with Crippen molar-refractivity contribution in [3.05, 3.63) is 95.6 Å². The lowest BCUT2D eigenvalue weighted by molar-refractivity contribution is -0.210. The number of carbonyl (C=O) groups excluding carboxylic acids is 1. The number of nitrogens with zero attached hydrogens (tertiary/aromatic N) is 1. The van der Waals surface area contributed by atoms with Gasteiger partial charge in [-0.25, -0.2) is 0 Å². The molecular formula is C31H39NO5. The number of methoxy groups -OCH3 is 2. The molecule has 0 bridgehead atoms. The van der Waals surface area contributed by atoms with Crippen molar-refractivity contribution < 1.29 is 24.2 Å². The van der Waals surface area contributed by atoms with Crippen molar-refractivity contribution in [2.45, 2.75) is 64.1 Å². The van der Waals surface area contributed by atoms with Crippen LogP contribution in [0, 0.1) is 0 Å². The molecule has 0 radical (unpaired) electrons. The number of hydrogen-bond donors (Lipinski definition) is 1. The Hall–Kier alpha value is -3.35. The molecule has 0 aliphatic rings. The molecule has 0 heterocycles. The molecule has 6 heteroatoms. The minimum atomic E-state index is -1.13. The fraction of sp³-hybridized carbons (Fsp3) is 0.387. The van der Waals surface area contributed by atoms with Gasteiger partial charge in [-0.1, -0.05) is 80.1 Å². The minimum Gasteiger partial charge on any atom is -0.493 e. The molecule has 0 amide bonds. The van der Waals surface area contributed by atoms with Crippen LogP contribution >= 0.6 is 0 Å². The van der Waals surface area contributed by atoms with Crippen molar-refractivity contribution in [3.63, 3.8) is 0 Å². The Bertz CT molecular complexity index is 1110. The summed E-state index contributed by atoms with van der Waals surface area (Å²) in [4.78, 5) is 19.2. The molecule has 6 nitrogen and oxygen atoms in total. The van der Waals surface area contributed by atoms with Crippen LogP contribution in [0.4, 0.5) is 0 Å². The summed E-state index contributed by atoms with van der Waals surface area (Å²) in [5.74, 6) is 0.790. The zero-order chi connectivity index (χ0) is 26.7. The smallest absolute Gasteiger partial charge is 0.327 e. The summed E-state index contributed by atoms with van der Waals surface area (Å²) in [6.07, 6.45) is 2.41. The third kappa shape index (κ3) is 8.34. The summed E-state index contributed by atoms with van der Waals surface area (Å²) in [5, 5.41) is 13.0. The molecule has 2 atom stereocenters. The zero-order valence-corrected chi connectivity index (χ0v) is 22.4.